The van der Waals surface area contributed by atoms with Crippen molar-refractivity contribution in [3.63, 3.8) is 0 Å². The van der Waals surface area contributed by atoms with Crippen LogP contribution in [0, 0.1) is 13.8 Å². The van der Waals surface area contributed by atoms with Crippen molar-refractivity contribution >= 4 is 28.7 Å². The van der Waals surface area contributed by atoms with Crippen LogP contribution in [0.1, 0.15) is 22.9 Å². The third kappa shape index (κ3) is 3.44. The maximum atomic E-state index is 8.99. The lowest BCUT2D eigenvalue weighted by Gasteiger charge is -2.06. The van der Waals surface area contributed by atoms with Gasteiger partial charge in [-0.25, -0.2) is 9.97 Å². The fourth-order valence-corrected chi connectivity index (χ4v) is 3.47. The van der Waals surface area contributed by atoms with Crippen LogP contribution in [0.2, 0.25) is 0 Å². The molecule has 0 spiro atoms. The van der Waals surface area contributed by atoms with Crippen molar-refractivity contribution in [1.29, 1.82) is 0 Å². The summed E-state index contributed by atoms with van der Waals surface area (Å²) in [5.41, 5.74) is 3.70. The van der Waals surface area contributed by atoms with Crippen LogP contribution in [0.25, 0.3) is 10.6 Å². The topological polar surface area (TPSA) is 70.4 Å². The van der Waals surface area contributed by atoms with Gasteiger partial charge in [-0.1, -0.05) is 11.2 Å². The molecule has 3 heterocycles. The van der Waals surface area contributed by atoms with Gasteiger partial charge in [-0.05, 0) is 62.2 Å². The number of nitrogens with zero attached hydrogens (tertiary/aromatic N) is 3. The lowest BCUT2D eigenvalue weighted by Crippen LogP contribution is -1.96. The molecule has 0 atom stereocenters. The fraction of sp³-hybridized carbons (Fsp3) is 0.167. The molecule has 5 nitrogen and oxygen atoms in total. The minimum atomic E-state index is 0.613. The average molecular weight is 338 g/mol. The number of hydrogen-bond donors (Lipinski definition) is 2. The molecular weight excluding hydrogens is 320 g/mol. The summed E-state index contributed by atoms with van der Waals surface area (Å²) in [4.78, 5) is 11.0. The molecule has 0 aliphatic carbocycles. The zero-order valence-electron chi connectivity index (χ0n) is 13.7. The number of rotatable bonds is 4. The van der Waals surface area contributed by atoms with Gasteiger partial charge in [-0.15, -0.1) is 11.3 Å². The van der Waals surface area contributed by atoms with Gasteiger partial charge in [0.15, 0.2) is 0 Å². The summed E-state index contributed by atoms with van der Waals surface area (Å²) in [6, 6.07) is 11.8. The van der Waals surface area contributed by atoms with Crippen LogP contribution in [0.15, 0.2) is 47.8 Å². The highest BCUT2D eigenvalue weighted by atomic mass is 32.1. The second-order valence-electron chi connectivity index (χ2n) is 5.56. The quantitative estimate of drug-likeness (QED) is 0.408. The second-order valence-corrected chi connectivity index (χ2v) is 6.61. The smallest absolute Gasteiger partial charge is 0.132 e. The molecule has 2 N–H and O–H groups in total. The molecule has 0 amide bonds. The molecule has 0 unspecified atom stereocenters. The molecule has 0 aromatic carbocycles. The number of aryl methyl sites for hydroxylation is 2. The first-order chi connectivity index (χ1) is 11.6. The highest BCUT2D eigenvalue weighted by molar-refractivity contribution is 7.17. The molecule has 0 aliphatic heterocycles. The molecule has 0 bridgehead atoms. The van der Waals surface area contributed by atoms with Crippen molar-refractivity contribution in [2.24, 2.45) is 5.16 Å². The van der Waals surface area contributed by atoms with Gasteiger partial charge in [0, 0.05) is 6.20 Å². The monoisotopic (exact) mass is 338 g/mol. The first-order valence-electron chi connectivity index (χ1n) is 7.53. The SMILES string of the molecule is C/C(=N\O)c1sc(-c2cccc(Nc3cc(C)ccn3)n2)cc1C. The number of oxime groups is 1. The first-order valence-corrected chi connectivity index (χ1v) is 8.35. The van der Waals surface area contributed by atoms with Crippen LogP contribution in [-0.2, 0) is 0 Å². The summed E-state index contributed by atoms with van der Waals surface area (Å²) in [6.45, 7) is 5.82. The Labute approximate surface area is 144 Å². The minimum absolute atomic E-state index is 0.613. The Morgan fingerprint density at radius 3 is 2.75 bits per heavy atom. The molecule has 0 fully saturated rings. The molecule has 122 valence electrons. The van der Waals surface area contributed by atoms with Gasteiger partial charge in [0.25, 0.3) is 0 Å². The predicted octanol–water partition coefficient (Wildman–Crippen LogP) is 4.76. The lowest BCUT2D eigenvalue weighted by molar-refractivity contribution is 0.319. The van der Waals surface area contributed by atoms with Gasteiger partial charge >= 0.3 is 0 Å². The molecule has 3 aromatic heterocycles. The van der Waals surface area contributed by atoms with E-state index in [1.54, 1.807) is 24.5 Å². The number of thiophene rings is 1. The number of anilines is 2. The van der Waals surface area contributed by atoms with Crippen LogP contribution in [0.5, 0.6) is 0 Å². The van der Waals surface area contributed by atoms with Crippen molar-refractivity contribution in [3.8, 4) is 10.6 Å². The normalized spacial score (nSPS) is 11.5. The third-order valence-corrected chi connectivity index (χ3v) is 4.94. The van der Waals surface area contributed by atoms with Gasteiger partial charge in [-0.2, -0.15) is 0 Å². The average Bonchev–Trinajstić information content (AvgIpc) is 2.96. The molecule has 6 heteroatoms. The largest absolute Gasteiger partial charge is 0.411 e. The standard InChI is InChI=1S/C18H18N4OS/c1-11-7-8-19-17(9-11)21-16-6-4-5-14(20-16)15-10-12(2)18(24-15)13(3)22-23/h4-10,23H,1-3H3,(H,19,20,21)/b22-13+. The third-order valence-electron chi connectivity index (χ3n) is 3.57. The van der Waals surface area contributed by atoms with Gasteiger partial charge in [0.05, 0.1) is 21.2 Å². The van der Waals surface area contributed by atoms with Gasteiger partial charge in [0.2, 0.25) is 0 Å². The molecule has 0 saturated heterocycles. The van der Waals surface area contributed by atoms with E-state index in [4.69, 9.17) is 5.21 Å². The summed E-state index contributed by atoms with van der Waals surface area (Å²) < 4.78 is 0. The van der Waals surface area contributed by atoms with Crippen LogP contribution >= 0.6 is 11.3 Å². The molecule has 0 radical (unpaired) electrons. The zero-order chi connectivity index (χ0) is 17.1. The highest BCUT2D eigenvalue weighted by Gasteiger charge is 2.11. The van der Waals surface area contributed by atoms with Crippen molar-refractivity contribution < 1.29 is 5.21 Å². The number of hydrogen-bond acceptors (Lipinski definition) is 6. The minimum Gasteiger partial charge on any atom is -0.411 e. The Morgan fingerprint density at radius 2 is 2.00 bits per heavy atom. The Kier molecular flexibility index (Phi) is 4.57. The summed E-state index contributed by atoms with van der Waals surface area (Å²) in [5, 5.41) is 15.5. The highest BCUT2D eigenvalue weighted by Crippen LogP contribution is 2.31. The summed E-state index contributed by atoms with van der Waals surface area (Å²) in [5.74, 6) is 1.51. The maximum Gasteiger partial charge on any atom is 0.132 e. The molecule has 0 aliphatic rings. The number of aromatic nitrogens is 2. The van der Waals surface area contributed by atoms with E-state index in [1.807, 2.05) is 44.2 Å². The Hall–Kier alpha value is -2.73. The lowest BCUT2D eigenvalue weighted by atomic mass is 10.2. The van der Waals surface area contributed by atoms with E-state index >= 15 is 0 Å². The van der Waals surface area contributed by atoms with E-state index in [0.29, 0.717) is 5.71 Å². The van der Waals surface area contributed by atoms with E-state index in [1.165, 1.54) is 0 Å². The molecular formula is C18H18N4OS. The van der Waals surface area contributed by atoms with Crippen molar-refractivity contribution in [2.45, 2.75) is 20.8 Å². The van der Waals surface area contributed by atoms with Crippen molar-refractivity contribution in [3.05, 3.63) is 58.6 Å². The van der Waals surface area contributed by atoms with E-state index in [-0.39, 0.29) is 0 Å². The van der Waals surface area contributed by atoms with Crippen molar-refractivity contribution in [1.82, 2.24) is 9.97 Å². The van der Waals surface area contributed by atoms with Crippen LogP contribution in [0.4, 0.5) is 11.6 Å². The Balaban J connectivity index is 1.91. The van der Waals surface area contributed by atoms with Gasteiger partial charge in [0.1, 0.15) is 11.6 Å². The molecule has 3 rings (SSSR count). The number of nitrogens with one attached hydrogen (secondary N) is 1. The second kappa shape index (κ2) is 6.80. The van der Waals surface area contributed by atoms with E-state index in [9.17, 15) is 0 Å². The summed E-state index contributed by atoms with van der Waals surface area (Å²) >= 11 is 1.57. The zero-order valence-corrected chi connectivity index (χ0v) is 14.6. The Bertz CT molecular complexity index is 902. The van der Waals surface area contributed by atoms with Crippen LogP contribution < -0.4 is 5.32 Å². The first kappa shape index (κ1) is 16.1. The molecule has 0 saturated carbocycles. The van der Waals surface area contributed by atoms with Crippen LogP contribution in [0.3, 0.4) is 0 Å². The fourth-order valence-electron chi connectivity index (χ4n) is 2.39. The van der Waals surface area contributed by atoms with Crippen molar-refractivity contribution in [2.75, 3.05) is 5.32 Å². The predicted molar refractivity (Wildman–Crippen MR) is 98.5 cm³/mol. The van der Waals surface area contributed by atoms with Gasteiger partial charge in [-0.3, -0.25) is 0 Å². The van der Waals surface area contributed by atoms with E-state index < -0.39 is 0 Å². The van der Waals surface area contributed by atoms with Crippen LogP contribution in [-0.4, -0.2) is 20.9 Å². The molecule has 24 heavy (non-hydrogen) atoms. The van der Waals surface area contributed by atoms with E-state index in [2.05, 4.69) is 26.5 Å². The Morgan fingerprint density at radius 1 is 1.17 bits per heavy atom. The summed E-state index contributed by atoms with van der Waals surface area (Å²) in [6.07, 6.45) is 1.77. The summed E-state index contributed by atoms with van der Waals surface area (Å²) in [7, 11) is 0. The van der Waals surface area contributed by atoms with E-state index in [0.717, 1.165) is 38.2 Å². The maximum absolute atomic E-state index is 8.99. The number of pyridine rings is 2. The molecule has 3 aromatic rings. The van der Waals surface area contributed by atoms with Gasteiger partial charge < -0.3 is 10.5 Å².